The predicted octanol–water partition coefficient (Wildman–Crippen LogP) is 2.47. The van der Waals surface area contributed by atoms with Crippen molar-refractivity contribution >= 4 is 17.8 Å². The van der Waals surface area contributed by atoms with Crippen molar-refractivity contribution in [3.8, 4) is 0 Å². The first-order chi connectivity index (χ1) is 14.3. The van der Waals surface area contributed by atoms with Crippen LogP contribution < -0.4 is 10.6 Å². The van der Waals surface area contributed by atoms with Crippen LogP contribution in [0.2, 0.25) is 0 Å². The normalized spacial score (nSPS) is 19.1. The molecule has 0 spiro atoms. The number of rotatable bonds is 6. The second-order valence-corrected chi connectivity index (χ2v) is 8.19. The van der Waals surface area contributed by atoms with Crippen LogP contribution in [-0.4, -0.2) is 54.8 Å². The van der Waals surface area contributed by atoms with Gasteiger partial charge in [0.15, 0.2) is 13.0 Å². The Morgan fingerprint density at radius 2 is 1.90 bits per heavy atom. The van der Waals surface area contributed by atoms with E-state index < -0.39 is 60.6 Å². The predicted molar refractivity (Wildman–Crippen MR) is 102 cm³/mol. The van der Waals surface area contributed by atoms with Gasteiger partial charge in [-0.05, 0) is 39.0 Å². The molecule has 1 aromatic rings. The molecule has 0 aromatic heterocycles. The monoisotopic (exact) mass is 447 g/mol. The van der Waals surface area contributed by atoms with Gasteiger partial charge >= 0.3 is 12.1 Å². The zero-order chi connectivity index (χ0) is 23.4. The van der Waals surface area contributed by atoms with Crippen molar-refractivity contribution in [3.63, 3.8) is 0 Å². The number of benzene rings is 1. The third-order valence-corrected chi connectivity index (χ3v) is 4.67. The summed E-state index contributed by atoms with van der Waals surface area (Å²) in [5, 5.41) is 5.10. The Kier molecular flexibility index (Phi) is 7.63. The number of amides is 2. The van der Waals surface area contributed by atoms with Crippen LogP contribution in [0.4, 0.5) is 17.6 Å². The van der Waals surface area contributed by atoms with Gasteiger partial charge in [0.05, 0.1) is 23.6 Å². The molecule has 1 aromatic carbocycles. The summed E-state index contributed by atoms with van der Waals surface area (Å²) in [4.78, 5) is 37.3. The van der Waals surface area contributed by atoms with Crippen molar-refractivity contribution in [2.45, 2.75) is 45.6 Å². The highest BCUT2D eigenvalue weighted by atomic mass is 19.4. The Morgan fingerprint density at radius 1 is 1.23 bits per heavy atom. The first-order valence-electron chi connectivity index (χ1n) is 9.58. The Morgan fingerprint density at radius 3 is 2.48 bits per heavy atom. The van der Waals surface area contributed by atoms with E-state index in [4.69, 9.17) is 4.74 Å². The Hall–Kier alpha value is -2.69. The van der Waals surface area contributed by atoms with Crippen LogP contribution in [0, 0.1) is 5.41 Å². The third-order valence-electron chi connectivity index (χ3n) is 4.67. The van der Waals surface area contributed by atoms with Gasteiger partial charge < -0.3 is 15.0 Å². The molecule has 31 heavy (non-hydrogen) atoms. The number of carbonyl (C=O) groups excluding carboxylic acids is 3. The van der Waals surface area contributed by atoms with Gasteiger partial charge in [-0.25, -0.2) is 4.39 Å². The van der Waals surface area contributed by atoms with E-state index in [1.54, 1.807) is 20.8 Å². The van der Waals surface area contributed by atoms with E-state index in [0.29, 0.717) is 6.07 Å². The maximum atomic E-state index is 13.5. The molecule has 1 fully saturated rings. The Bertz CT molecular complexity index is 823. The van der Waals surface area contributed by atoms with Crippen LogP contribution in [0.1, 0.15) is 43.1 Å². The second-order valence-electron chi connectivity index (χ2n) is 8.19. The Labute approximate surface area is 177 Å². The van der Waals surface area contributed by atoms with Crippen LogP contribution in [0.3, 0.4) is 0 Å². The number of hydrogen-bond donors (Lipinski definition) is 2. The molecule has 0 bridgehead atoms. The number of carbonyl (C=O) groups is 3. The zero-order valence-electron chi connectivity index (χ0n) is 17.4. The first kappa shape index (κ1) is 24.6. The molecule has 1 aliphatic heterocycles. The molecule has 2 N–H and O–H groups in total. The van der Waals surface area contributed by atoms with Crippen LogP contribution in [-0.2, 0) is 20.5 Å². The Balaban J connectivity index is 1.92. The molecule has 0 radical (unpaired) electrons. The summed E-state index contributed by atoms with van der Waals surface area (Å²) in [6.45, 7) is 3.51. The summed E-state index contributed by atoms with van der Waals surface area (Å²) < 4.78 is 57.1. The maximum Gasteiger partial charge on any atom is 0.416 e. The SMILES string of the molecule is CC(C)(C)C(=O)OC1CC(N(CF)C(=O)CNC(=O)c2cccc(C(F)(F)F)c2)CN1. The minimum Gasteiger partial charge on any atom is -0.446 e. The van der Waals surface area contributed by atoms with E-state index in [-0.39, 0.29) is 18.5 Å². The van der Waals surface area contributed by atoms with Crippen molar-refractivity contribution in [3.05, 3.63) is 35.4 Å². The van der Waals surface area contributed by atoms with Gasteiger partial charge in [0.1, 0.15) is 0 Å². The minimum absolute atomic E-state index is 0.166. The van der Waals surface area contributed by atoms with E-state index in [1.807, 2.05) is 0 Å². The van der Waals surface area contributed by atoms with Gasteiger partial charge in [-0.3, -0.25) is 19.7 Å². The number of hydrogen-bond acceptors (Lipinski definition) is 5. The van der Waals surface area contributed by atoms with Crippen molar-refractivity contribution in [2.75, 3.05) is 19.9 Å². The topological polar surface area (TPSA) is 87.7 Å². The molecule has 1 aliphatic rings. The van der Waals surface area contributed by atoms with Gasteiger partial charge in [-0.15, -0.1) is 0 Å². The summed E-state index contributed by atoms with van der Waals surface area (Å²) in [7, 11) is 0. The van der Waals surface area contributed by atoms with Crippen LogP contribution in [0.5, 0.6) is 0 Å². The largest absolute Gasteiger partial charge is 0.446 e. The van der Waals surface area contributed by atoms with Crippen LogP contribution >= 0.6 is 0 Å². The van der Waals surface area contributed by atoms with Crippen molar-refractivity contribution in [1.29, 1.82) is 0 Å². The van der Waals surface area contributed by atoms with E-state index in [2.05, 4.69) is 10.6 Å². The molecule has 2 atom stereocenters. The average molecular weight is 447 g/mol. The molecule has 0 aliphatic carbocycles. The van der Waals surface area contributed by atoms with Crippen molar-refractivity contribution in [1.82, 2.24) is 15.5 Å². The molecule has 1 saturated heterocycles. The van der Waals surface area contributed by atoms with Crippen LogP contribution in [0.25, 0.3) is 0 Å². The lowest BCUT2D eigenvalue weighted by molar-refractivity contribution is -0.159. The number of nitrogens with zero attached hydrogens (tertiary/aromatic N) is 1. The fourth-order valence-electron chi connectivity index (χ4n) is 2.88. The van der Waals surface area contributed by atoms with E-state index in [1.165, 1.54) is 6.07 Å². The van der Waals surface area contributed by atoms with E-state index in [0.717, 1.165) is 17.0 Å². The van der Waals surface area contributed by atoms with Crippen LogP contribution in [0.15, 0.2) is 24.3 Å². The van der Waals surface area contributed by atoms with Gasteiger partial charge in [-0.1, -0.05) is 6.07 Å². The fourth-order valence-corrected chi connectivity index (χ4v) is 2.88. The molecular formula is C20H25F4N3O4. The number of halogens is 4. The smallest absolute Gasteiger partial charge is 0.416 e. The molecule has 2 unspecified atom stereocenters. The van der Waals surface area contributed by atoms with Gasteiger partial charge in [0, 0.05) is 18.5 Å². The highest BCUT2D eigenvalue weighted by molar-refractivity contribution is 5.96. The highest BCUT2D eigenvalue weighted by Crippen LogP contribution is 2.29. The van der Waals surface area contributed by atoms with E-state index in [9.17, 15) is 31.9 Å². The molecule has 172 valence electrons. The summed E-state index contributed by atoms with van der Waals surface area (Å²) >= 11 is 0. The lowest BCUT2D eigenvalue weighted by Gasteiger charge is -2.26. The van der Waals surface area contributed by atoms with Crippen molar-refractivity contribution in [2.24, 2.45) is 5.41 Å². The van der Waals surface area contributed by atoms with E-state index >= 15 is 0 Å². The standard InChI is InChI=1S/C20H25F4N3O4/c1-19(2,3)18(30)31-15-8-14(9-25-15)27(11-21)16(28)10-26-17(29)12-5-4-6-13(7-12)20(22,23)24/h4-7,14-15,25H,8-11H2,1-3H3,(H,26,29). The summed E-state index contributed by atoms with van der Waals surface area (Å²) in [5.41, 5.74) is -1.99. The van der Waals surface area contributed by atoms with Gasteiger partial charge in [0.2, 0.25) is 5.91 Å². The molecule has 2 rings (SSSR count). The molecule has 2 amide bonds. The molecule has 7 nitrogen and oxygen atoms in total. The number of ether oxygens (including phenoxy) is 1. The summed E-state index contributed by atoms with van der Waals surface area (Å²) in [6, 6.07) is 3.14. The lowest BCUT2D eigenvalue weighted by Crippen LogP contribution is -2.46. The average Bonchev–Trinajstić information content (AvgIpc) is 3.13. The zero-order valence-corrected chi connectivity index (χ0v) is 17.4. The van der Waals surface area contributed by atoms with Crippen molar-refractivity contribution < 1.29 is 36.7 Å². The first-order valence-corrected chi connectivity index (χ1v) is 9.58. The minimum atomic E-state index is -4.61. The highest BCUT2D eigenvalue weighted by Gasteiger charge is 2.36. The molecule has 11 heteroatoms. The molecule has 0 saturated carbocycles. The number of alkyl halides is 4. The number of nitrogens with one attached hydrogen (secondary N) is 2. The third kappa shape index (κ3) is 6.65. The number of esters is 1. The quantitative estimate of drug-likeness (QED) is 0.398. The lowest BCUT2D eigenvalue weighted by atomic mass is 9.97. The van der Waals surface area contributed by atoms with Gasteiger partial charge in [0.25, 0.3) is 5.91 Å². The maximum absolute atomic E-state index is 13.5. The molecule has 1 heterocycles. The fraction of sp³-hybridized carbons (Fsp3) is 0.550. The summed E-state index contributed by atoms with van der Waals surface area (Å²) in [5.74, 6) is -2.09. The second kappa shape index (κ2) is 9.63. The molecular weight excluding hydrogens is 422 g/mol. The van der Waals surface area contributed by atoms with Gasteiger partial charge in [-0.2, -0.15) is 13.2 Å². The summed E-state index contributed by atoms with van der Waals surface area (Å²) in [6.07, 6.45) is -5.13.